The Hall–Kier alpha value is -4.25. The minimum Gasteiger partial charge on any atom is -0.474 e. The Kier molecular flexibility index (Phi) is 11.0. The number of ether oxygens (including phenoxy) is 3. The lowest BCUT2D eigenvalue weighted by molar-refractivity contribution is -0.176. The summed E-state index contributed by atoms with van der Waals surface area (Å²) < 4.78 is 55.7. The lowest BCUT2D eigenvalue weighted by Crippen LogP contribution is -2.60. The third-order valence-electron chi connectivity index (χ3n) is 9.02. The Bertz CT molecular complexity index is 1710. The Labute approximate surface area is 284 Å². The molecule has 2 aliphatic rings. The van der Waals surface area contributed by atoms with Crippen LogP contribution in [0.2, 0.25) is 19.6 Å². The Balaban J connectivity index is 1.73. The maximum atomic E-state index is 14.1. The van der Waals surface area contributed by atoms with Crippen molar-refractivity contribution in [2.24, 2.45) is 17.3 Å². The molecule has 1 saturated carbocycles. The molecule has 3 amide bonds. The zero-order valence-electron chi connectivity index (χ0n) is 28.7. The smallest absolute Gasteiger partial charge is 0.471 e. The van der Waals surface area contributed by atoms with E-state index in [2.05, 4.69) is 52.5 Å². The van der Waals surface area contributed by atoms with Crippen molar-refractivity contribution in [2.45, 2.75) is 70.8 Å². The Morgan fingerprint density at radius 3 is 2.43 bits per heavy atom. The third kappa shape index (κ3) is 7.98. The zero-order valence-corrected chi connectivity index (χ0v) is 29.7. The van der Waals surface area contributed by atoms with E-state index >= 15 is 0 Å². The average Bonchev–Trinajstić information content (AvgIpc) is 3.33. The number of carbonyl (C=O) groups excluding carboxylic acids is 3. The summed E-state index contributed by atoms with van der Waals surface area (Å²) in [7, 11) is 0.815. The number of hydrogen-bond donors (Lipinski definition) is 2. The van der Waals surface area contributed by atoms with Crippen molar-refractivity contribution in [3.05, 3.63) is 29.7 Å². The largest absolute Gasteiger partial charge is 0.474 e. The number of pyridine rings is 2. The molecular formula is C33H41F3N6O6Si. The predicted molar refractivity (Wildman–Crippen MR) is 174 cm³/mol. The van der Waals surface area contributed by atoms with Gasteiger partial charge in [-0.25, -0.2) is 4.98 Å². The molecule has 6 atom stereocenters. The molecule has 0 bridgehead atoms. The van der Waals surface area contributed by atoms with E-state index in [1.807, 2.05) is 13.8 Å². The summed E-state index contributed by atoms with van der Waals surface area (Å²) in [4.78, 5) is 49.7. The second-order valence-corrected chi connectivity index (χ2v) is 18.6. The second-order valence-electron chi connectivity index (χ2n) is 13.8. The van der Waals surface area contributed by atoms with E-state index in [4.69, 9.17) is 14.2 Å². The van der Waals surface area contributed by atoms with Crippen LogP contribution in [0.5, 0.6) is 5.88 Å². The first kappa shape index (κ1) is 37.6. The first-order chi connectivity index (χ1) is 22.9. The van der Waals surface area contributed by atoms with Crippen LogP contribution in [0.3, 0.4) is 0 Å². The third-order valence-corrected chi connectivity index (χ3v) is 9.89. The van der Waals surface area contributed by atoms with E-state index in [0.717, 1.165) is 0 Å². The predicted octanol–water partition coefficient (Wildman–Crippen LogP) is 3.13. The van der Waals surface area contributed by atoms with E-state index in [1.54, 1.807) is 11.5 Å². The van der Waals surface area contributed by atoms with Crippen molar-refractivity contribution >= 4 is 36.6 Å². The maximum absolute atomic E-state index is 14.1. The summed E-state index contributed by atoms with van der Waals surface area (Å²) in [6, 6.07) is -2.01. The van der Waals surface area contributed by atoms with Crippen molar-refractivity contribution < 1.29 is 41.8 Å². The number of rotatable bonds is 11. The highest BCUT2D eigenvalue weighted by Crippen LogP contribution is 2.65. The molecule has 2 N–H and O–H groups in total. The van der Waals surface area contributed by atoms with Crippen LogP contribution in [0.1, 0.15) is 37.9 Å². The van der Waals surface area contributed by atoms with Crippen molar-refractivity contribution in [1.82, 2.24) is 25.5 Å². The zero-order chi connectivity index (χ0) is 36.5. The lowest BCUT2D eigenvalue weighted by atomic mass is 9.97. The Morgan fingerprint density at radius 1 is 1.14 bits per heavy atom. The summed E-state index contributed by atoms with van der Waals surface area (Å²) in [5, 5.41) is 16.0. The molecule has 12 nitrogen and oxygen atoms in total. The molecule has 3 heterocycles. The van der Waals surface area contributed by atoms with Gasteiger partial charge >= 0.3 is 12.1 Å². The van der Waals surface area contributed by atoms with Gasteiger partial charge in [0.25, 0.3) is 0 Å². The number of nitriles is 1. The molecule has 49 heavy (non-hydrogen) atoms. The number of fused-ring (bicyclic) bond motifs is 2. The number of piperidine rings is 1. The number of nitrogens with zero attached hydrogens (tertiary/aromatic N) is 4. The number of hydrogen-bond acceptors (Lipinski definition) is 9. The molecule has 1 saturated heterocycles. The van der Waals surface area contributed by atoms with Crippen LogP contribution >= 0.6 is 0 Å². The summed E-state index contributed by atoms with van der Waals surface area (Å²) in [6.07, 6.45) is -1.86. The molecule has 0 radical (unpaired) electrons. The number of alkyl halides is 3. The van der Waals surface area contributed by atoms with Gasteiger partial charge in [0.15, 0.2) is 0 Å². The fourth-order valence-electron chi connectivity index (χ4n) is 6.23. The van der Waals surface area contributed by atoms with Gasteiger partial charge in [0.05, 0.1) is 24.3 Å². The van der Waals surface area contributed by atoms with Crippen molar-refractivity contribution in [2.75, 3.05) is 34.0 Å². The van der Waals surface area contributed by atoms with Crippen molar-refractivity contribution in [3.8, 4) is 23.4 Å². The summed E-state index contributed by atoms with van der Waals surface area (Å²) in [5.41, 5.74) is 3.68. The molecule has 4 rings (SSSR count). The summed E-state index contributed by atoms with van der Waals surface area (Å²) >= 11 is 0. The molecule has 16 heteroatoms. The van der Waals surface area contributed by atoms with E-state index in [1.165, 1.54) is 38.4 Å². The molecule has 1 aliphatic heterocycles. The molecular weight excluding hydrogens is 661 g/mol. The molecule has 1 unspecified atom stereocenters. The van der Waals surface area contributed by atoms with Gasteiger partial charge in [-0.3, -0.25) is 19.4 Å². The van der Waals surface area contributed by atoms with E-state index in [9.17, 15) is 32.8 Å². The molecule has 0 spiro atoms. The van der Waals surface area contributed by atoms with Crippen molar-refractivity contribution in [1.29, 1.82) is 5.26 Å². The van der Waals surface area contributed by atoms with Crippen LogP contribution in [0.4, 0.5) is 13.2 Å². The van der Waals surface area contributed by atoms with Crippen molar-refractivity contribution in [3.63, 3.8) is 0 Å². The topological polar surface area (TPSA) is 156 Å². The molecule has 2 aromatic heterocycles. The molecule has 1 aliphatic carbocycles. The molecule has 0 aromatic carbocycles. The van der Waals surface area contributed by atoms with Gasteiger partial charge in [-0.2, -0.15) is 18.4 Å². The van der Waals surface area contributed by atoms with Gasteiger partial charge in [-0.05, 0) is 24.2 Å². The number of methoxy groups -OCH3 is 2. The van der Waals surface area contributed by atoms with Crippen LogP contribution in [-0.2, 0) is 23.9 Å². The molecule has 2 aromatic rings. The standard InChI is InChI=1S/C33H41F3N6O6Si/c1-18(47-5)26(41-31(45)33(34,35)36)30(44)42-17-22-25(32(22,2)3)27(42)28(43)40-23(13-37)21-16-38-14-19-15-39-29(48-11-10-46-4)20(24(19)21)9-12-49(6,7)8/h14-16,18,22-23,25-27H,10-11,17H2,1-8H3,(H,40,43)(H,41,45)/t18-,22+,23?,25+,26+,27+/m1/s1. The first-order valence-corrected chi connectivity index (χ1v) is 19.2. The molecule has 264 valence electrons. The summed E-state index contributed by atoms with van der Waals surface area (Å²) in [6.45, 7) is 12.0. The Morgan fingerprint density at radius 2 is 1.84 bits per heavy atom. The van der Waals surface area contributed by atoms with E-state index in [0.29, 0.717) is 28.5 Å². The monoisotopic (exact) mass is 702 g/mol. The SMILES string of the molecule is COCCOc1ncc2cncc(C(C#N)NC(=O)[C@@H]3[C@@H]4[C@H](CN3C(=O)[C@@H](NC(=O)C(F)(F)F)[C@@H](C)OC)C4(C)C)c2c1C#C[Si](C)(C)C. The van der Waals surface area contributed by atoms with Gasteiger partial charge in [-0.15, -0.1) is 5.54 Å². The number of aromatic nitrogens is 2. The number of amides is 3. The number of halogens is 3. The first-order valence-electron chi connectivity index (χ1n) is 15.7. The van der Waals surface area contributed by atoms with Crippen LogP contribution in [0, 0.1) is 40.0 Å². The van der Waals surface area contributed by atoms with Gasteiger partial charge in [0, 0.05) is 55.7 Å². The van der Waals surface area contributed by atoms with E-state index < -0.39 is 56.2 Å². The fourth-order valence-corrected chi connectivity index (χ4v) is 6.73. The van der Waals surface area contributed by atoms with Crippen LogP contribution in [0.25, 0.3) is 10.8 Å². The van der Waals surface area contributed by atoms with E-state index in [-0.39, 0.29) is 36.3 Å². The quantitative estimate of drug-likeness (QED) is 0.204. The fraction of sp³-hybridized carbons (Fsp3) is 0.576. The highest BCUT2D eigenvalue weighted by molar-refractivity contribution is 6.83. The minimum atomic E-state index is -5.24. The minimum absolute atomic E-state index is 0.0702. The van der Waals surface area contributed by atoms with Gasteiger partial charge in [0.2, 0.25) is 17.7 Å². The normalized spacial score (nSPS) is 21.3. The van der Waals surface area contributed by atoms with Gasteiger partial charge in [0.1, 0.15) is 32.8 Å². The van der Waals surface area contributed by atoms with Gasteiger partial charge in [-0.1, -0.05) is 39.4 Å². The van der Waals surface area contributed by atoms with Gasteiger partial charge < -0.3 is 29.7 Å². The van der Waals surface area contributed by atoms with Crippen LogP contribution in [-0.4, -0.2) is 99.0 Å². The van der Waals surface area contributed by atoms with Crippen LogP contribution < -0.4 is 15.4 Å². The average molecular weight is 703 g/mol. The second kappa shape index (κ2) is 14.3. The number of carbonyl (C=O) groups is 3. The number of nitrogens with one attached hydrogen (secondary N) is 2. The molecule has 2 fully saturated rings. The lowest BCUT2D eigenvalue weighted by Gasteiger charge is -2.35. The van der Waals surface area contributed by atoms with Crippen LogP contribution in [0.15, 0.2) is 18.6 Å². The number of likely N-dealkylation sites (tertiary alicyclic amines) is 1. The maximum Gasteiger partial charge on any atom is 0.471 e. The summed E-state index contributed by atoms with van der Waals surface area (Å²) in [5.74, 6) is -0.935. The highest BCUT2D eigenvalue weighted by Gasteiger charge is 2.69. The highest BCUT2D eigenvalue weighted by atomic mass is 28.3.